The topological polar surface area (TPSA) is 22.1 Å². The molecule has 0 radical (unpaired) electrons. The van der Waals surface area contributed by atoms with Crippen molar-refractivity contribution in [2.45, 2.75) is 20.3 Å². The normalized spacial score (nSPS) is 10.6. The largest absolute Gasteiger partial charge is 0.496 e. The molecule has 0 amide bonds. The Balaban J connectivity index is 3.27. The third-order valence-electron chi connectivity index (χ3n) is 1.82. The molecule has 2 nitrogen and oxygen atoms in total. The lowest BCUT2D eigenvalue weighted by Gasteiger charge is -2.09. The van der Waals surface area contributed by atoms with Crippen LogP contribution in [0.1, 0.15) is 23.4 Å². The highest BCUT2D eigenvalue weighted by Gasteiger charge is 2.16. The fraction of sp³-hybridized carbons (Fsp3) is 0.444. The van der Waals surface area contributed by atoms with E-state index in [0.717, 1.165) is 0 Å². The molecule has 13 heavy (non-hydrogen) atoms. The molecule has 0 spiro atoms. The highest BCUT2D eigenvalue weighted by molar-refractivity contribution is 5.37. The van der Waals surface area contributed by atoms with E-state index in [1.165, 1.54) is 7.11 Å². The summed E-state index contributed by atoms with van der Waals surface area (Å²) in [4.78, 5) is 3.75. The van der Waals surface area contributed by atoms with Crippen LogP contribution in [0.2, 0.25) is 0 Å². The van der Waals surface area contributed by atoms with Crippen molar-refractivity contribution in [1.82, 2.24) is 4.98 Å². The fourth-order valence-corrected chi connectivity index (χ4v) is 1.15. The van der Waals surface area contributed by atoms with Crippen LogP contribution in [0.3, 0.4) is 0 Å². The number of nitrogens with zero attached hydrogens (tertiary/aromatic N) is 1. The number of methoxy groups -OCH3 is 1. The van der Waals surface area contributed by atoms with Gasteiger partial charge in [0.2, 0.25) is 0 Å². The van der Waals surface area contributed by atoms with Gasteiger partial charge in [0.15, 0.2) is 0 Å². The predicted octanol–water partition coefficient (Wildman–Crippen LogP) is 2.64. The van der Waals surface area contributed by atoms with Gasteiger partial charge in [0.1, 0.15) is 11.4 Å². The standard InChI is InChI=1S/C9H11F2NO/c1-5-4-7(13-3)6(2)8(12-5)9(10)11/h4,9H,1-3H3. The number of aromatic nitrogens is 1. The van der Waals surface area contributed by atoms with E-state index in [0.29, 0.717) is 17.0 Å². The molecule has 0 atom stereocenters. The third kappa shape index (κ3) is 1.94. The van der Waals surface area contributed by atoms with Gasteiger partial charge in [-0.05, 0) is 13.8 Å². The first kappa shape index (κ1) is 9.89. The molecule has 0 saturated heterocycles. The van der Waals surface area contributed by atoms with Crippen molar-refractivity contribution in [3.05, 3.63) is 23.0 Å². The average molecular weight is 187 g/mol. The molecule has 0 N–H and O–H groups in total. The van der Waals surface area contributed by atoms with E-state index in [1.807, 2.05) is 0 Å². The van der Waals surface area contributed by atoms with Crippen molar-refractivity contribution in [3.8, 4) is 5.75 Å². The van der Waals surface area contributed by atoms with Gasteiger partial charge in [0, 0.05) is 17.3 Å². The molecule has 1 heterocycles. The van der Waals surface area contributed by atoms with Crippen LogP contribution in [-0.2, 0) is 0 Å². The minimum atomic E-state index is -2.55. The summed E-state index contributed by atoms with van der Waals surface area (Å²) in [6.07, 6.45) is -2.55. The number of halogens is 2. The number of rotatable bonds is 2. The van der Waals surface area contributed by atoms with Gasteiger partial charge in [-0.1, -0.05) is 0 Å². The van der Waals surface area contributed by atoms with Crippen molar-refractivity contribution in [1.29, 1.82) is 0 Å². The number of aryl methyl sites for hydroxylation is 1. The summed E-state index contributed by atoms with van der Waals surface area (Å²) in [7, 11) is 1.46. The smallest absolute Gasteiger partial charge is 0.280 e. The van der Waals surface area contributed by atoms with E-state index in [4.69, 9.17) is 4.74 Å². The second-order valence-corrected chi connectivity index (χ2v) is 2.78. The van der Waals surface area contributed by atoms with Gasteiger partial charge in [-0.2, -0.15) is 0 Å². The zero-order chi connectivity index (χ0) is 10.0. The molecule has 0 fully saturated rings. The van der Waals surface area contributed by atoms with E-state index in [9.17, 15) is 8.78 Å². The minimum absolute atomic E-state index is 0.197. The van der Waals surface area contributed by atoms with Crippen molar-refractivity contribution < 1.29 is 13.5 Å². The SMILES string of the molecule is COc1cc(C)nc(C(F)F)c1C. The van der Waals surface area contributed by atoms with Crippen molar-refractivity contribution in [3.63, 3.8) is 0 Å². The number of hydrogen-bond acceptors (Lipinski definition) is 2. The lowest BCUT2D eigenvalue weighted by Crippen LogP contribution is -1.99. The van der Waals surface area contributed by atoms with Gasteiger partial charge in [-0.15, -0.1) is 0 Å². The molecule has 0 unspecified atom stereocenters. The van der Waals surface area contributed by atoms with E-state index < -0.39 is 6.43 Å². The maximum absolute atomic E-state index is 12.4. The number of pyridine rings is 1. The number of ether oxygens (including phenoxy) is 1. The molecule has 0 saturated carbocycles. The Bertz CT molecular complexity index is 313. The highest BCUT2D eigenvalue weighted by Crippen LogP contribution is 2.27. The first-order valence-electron chi connectivity index (χ1n) is 3.86. The van der Waals surface area contributed by atoms with Gasteiger partial charge in [0.25, 0.3) is 6.43 Å². The number of hydrogen-bond donors (Lipinski definition) is 0. The van der Waals surface area contributed by atoms with Crippen molar-refractivity contribution in [2.24, 2.45) is 0 Å². The molecule has 0 aliphatic carbocycles. The van der Waals surface area contributed by atoms with E-state index in [-0.39, 0.29) is 5.69 Å². The molecular formula is C9H11F2NO. The van der Waals surface area contributed by atoms with Crippen molar-refractivity contribution in [2.75, 3.05) is 7.11 Å². The van der Waals surface area contributed by atoms with Gasteiger partial charge >= 0.3 is 0 Å². The Morgan fingerprint density at radius 3 is 2.46 bits per heavy atom. The zero-order valence-electron chi connectivity index (χ0n) is 7.77. The summed E-state index contributed by atoms with van der Waals surface area (Å²) >= 11 is 0. The maximum atomic E-state index is 12.4. The van der Waals surface area contributed by atoms with Gasteiger partial charge < -0.3 is 4.74 Å². The predicted molar refractivity (Wildman–Crippen MR) is 45.2 cm³/mol. The van der Waals surface area contributed by atoms with Crippen molar-refractivity contribution >= 4 is 0 Å². The summed E-state index contributed by atoms with van der Waals surface area (Å²) < 4.78 is 29.8. The molecule has 1 aromatic heterocycles. The van der Waals surface area contributed by atoms with E-state index >= 15 is 0 Å². The molecule has 72 valence electrons. The van der Waals surface area contributed by atoms with Crippen LogP contribution in [0.25, 0.3) is 0 Å². The van der Waals surface area contributed by atoms with Crippen LogP contribution in [0.5, 0.6) is 5.75 Å². The van der Waals surface area contributed by atoms with Gasteiger partial charge in [-0.25, -0.2) is 8.78 Å². The van der Waals surface area contributed by atoms with Gasteiger partial charge in [-0.3, -0.25) is 4.98 Å². The Labute approximate surface area is 75.6 Å². The monoisotopic (exact) mass is 187 g/mol. The lowest BCUT2D eigenvalue weighted by molar-refractivity contribution is 0.144. The molecule has 0 aromatic carbocycles. The summed E-state index contributed by atoms with van der Waals surface area (Å²) in [6, 6.07) is 1.64. The van der Waals surface area contributed by atoms with Crippen LogP contribution in [0, 0.1) is 13.8 Å². The zero-order valence-corrected chi connectivity index (χ0v) is 7.77. The minimum Gasteiger partial charge on any atom is -0.496 e. The Hall–Kier alpha value is -1.19. The van der Waals surface area contributed by atoms with Crippen LogP contribution >= 0.6 is 0 Å². The lowest BCUT2D eigenvalue weighted by atomic mass is 10.2. The molecule has 4 heteroatoms. The molecule has 0 aliphatic heterocycles. The average Bonchev–Trinajstić information content (AvgIpc) is 2.08. The summed E-state index contributed by atoms with van der Waals surface area (Å²) in [5, 5.41) is 0. The fourth-order valence-electron chi connectivity index (χ4n) is 1.15. The molecule has 0 bridgehead atoms. The Morgan fingerprint density at radius 1 is 1.38 bits per heavy atom. The van der Waals surface area contributed by atoms with E-state index in [1.54, 1.807) is 19.9 Å². The van der Waals surface area contributed by atoms with Crippen LogP contribution < -0.4 is 4.74 Å². The second kappa shape index (κ2) is 3.68. The van der Waals surface area contributed by atoms with E-state index in [2.05, 4.69) is 4.98 Å². The first-order valence-corrected chi connectivity index (χ1v) is 3.86. The Morgan fingerprint density at radius 2 is 2.00 bits per heavy atom. The van der Waals surface area contributed by atoms with Crippen LogP contribution in [0.15, 0.2) is 6.07 Å². The molecule has 1 aromatic rings. The highest BCUT2D eigenvalue weighted by atomic mass is 19.3. The van der Waals surface area contributed by atoms with Gasteiger partial charge in [0.05, 0.1) is 7.11 Å². The summed E-state index contributed by atoms with van der Waals surface area (Å²) in [6.45, 7) is 3.24. The summed E-state index contributed by atoms with van der Waals surface area (Å²) in [5.41, 5.74) is 0.748. The maximum Gasteiger partial charge on any atom is 0.280 e. The van der Waals surface area contributed by atoms with Crippen LogP contribution in [-0.4, -0.2) is 12.1 Å². The Kier molecular flexibility index (Phi) is 2.80. The molecule has 1 rings (SSSR count). The van der Waals surface area contributed by atoms with Crippen LogP contribution in [0.4, 0.5) is 8.78 Å². The molecular weight excluding hydrogens is 176 g/mol. The molecule has 0 aliphatic rings. The number of alkyl halides is 2. The summed E-state index contributed by atoms with van der Waals surface area (Å²) in [5.74, 6) is 0.461. The first-order chi connectivity index (χ1) is 6.06. The third-order valence-corrected chi connectivity index (χ3v) is 1.82. The second-order valence-electron chi connectivity index (χ2n) is 2.78. The quantitative estimate of drug-likeness (QED) is 0.710.